The van der Waals surface area contributed by atoms with Gasteiger partial charge in [-0.2, -0.15) is 0 Å². The second-order valence-corrected chi connectivity index (χ2v) is 11.4. The predicted octanol–water partition coefficient (Wildman–Crippen LogP) is 3.84. The molecule has 3 heterocycles. The van der Waals surface area contributed by atoms with Gasteiger partial charge in [-0.05, 0) is 44.1 Å². The van der Waals surface area contributed by atoms with Gasteiger partial charge in [0.2, 0.25) is 0 Å². The van der Waals surface area contributed by atoms with Crippen LogP contribution in [0.4, 0.5) is 0 Å². The Kier molecular flexibility index (Phi) is 5.43. The minimum Gasteiger partial charge on any atom is -0.455 e. The fourth-order valence-corrected chi connectivity index (χ4v) is 7.60. The quantitative estimate of drug-likeness (QED) is 0.504. The Morgan fingerprint density at radius 3 is 2.58 bits per heavy atom. The largest absolute Gasteiger partial charge is 0.455 e. The maximum Gasteiger partial charge on any atom is 0.311 e. The number of ether oxygens (including phenoxy) is 2. The SMILES string of the molecule is C[C@H]1CC[C@@H]2[C@@H](CN3CCN(CC=Cc4ccccc4)CC3)C(=O)O[C@@]23[C@H]1CC[C@]1(C)O[C@@H]31. The zero-order valence-electron chi connectivity index (χ0n) is 20.1. The molecule has 5 nitrogen and oxygen atoms in total. The van der Waals surface area contributed by atoms with E-state index in [1.54, 1.807) is 0 Å². The molecule has 0 unspecified atom stereocenters. The van der Waals surface area contributed by atoms with Crippen molar-refractivity contribution in [2.24, 2.45) is 23.7 Å². The summed E-state index contributed by atoms with van der Waals surface area (Å²) < 4.78 is 12.7. The molecule has 1 aromatic carbocycles. The summed E-state index contributed by atoms with van der Waals surface area (Å²) in [4.78, 5) is 18.3. The van der Waals surface area contributed by atoms with Crippen LogP contribution in [-0.4, -0.2) is 72.3 Å². The molecular weight excluding hydrogens is 412 g/mol. The average molecular weight is 451 g/mol. The third-order valence-corrected chi connectivity index (χ3v) is 9.48. The zero-order valence-corrected chi connectivity index (χ0v) is 20.1. The topological polar surface area (TPSA) is 45.3 Å². The van der Waals surface area contributed by atoms with Gasteiger partial charge < -0.3 is 9.47 Å². The first-order chi connectivity index (χ1) is 16.0. The van der Waals surface area contributed by atoms with Crippen molar-refractivity contribution in [1.29, 1.82) is 0 Å². The number of fused-ring (bicyclic) bond motifs is 1. The molecule has 2 aliphatic carbocycles. The molecule has 0 aromatic heterocycles. The van der Waals surface area contributed by atoms with Crippen LogP contribution in [0.1, 0.15) is 45.1 Å². The van der Waals surface area contributed by atoms with E-state index in [1.165, 1.54) is 12.0 Å². The Hall–Kier alpha value is -1.69. The first-order valence-corrected chi connectivity index (χ1v) is 13.1. The van der Waals surface area contributed by atoms with Crippen LogP contribution < -0.4 is 0 Å². The molecule has 0 radical (unpaired) electrons. The summed E-state index contributed by atoms with van der Waals surface area (Å²) in [5, 5.41) is 0. The van der Waals surface area contributed by atoms with Crippen molar-refractivity contribution < 1.29 is 14.3 Å². The maximum atomic E-state index is 13.3. The van der Waals surface area contributed by atoms with E-state index >= 15 is 0 Å². The van der Waals surface area contributed by atoms with E-state index in [0.717, 1.165) is 58.5 Å². The molecule has 1 aromatic rings. The second-order valence-electron chi connectivity index (χ2n) is 11.4. The number of esters is 1. The molecule has 0 bridgehead atoms. The number of rotatable bonds is 5. The van der Waals surface area contributed by atoms with Gasteiger partial charge in [-0.25, -0.2) is 0 Å². The fraction of sp³-hybridized carbons (Fsp3) is 0.679. The Morgan fingerprint density at radius 2 is 1.79 bits per heavy atom. The summed E-state index contributed by atoms with van der Waals surface area (Å²) in [5.41, 5.74) is 0.847. The van der Waals surface area contributed by atoms with Crippen LogP contribution in [0, 0.1) is 23.7 Å². The normalized spacial score (nSPS) is 43.1. The van der Waals surface area contributed by atoms with Crippen LogP contribution in [0.3, 0.4) is 0 Å². The van der Waals surface area contributed by atoms with Gasteiger partial charge in [0.1, 0.15) is 11.7 Å². The zero-order chi connectivity index (χ0) is 22.6. The lowest BCUT2D eigenvalue weighted by molar-refractivity contribution is -0.168. The monoisotopic (exact) mass is 450 g/mol. The highest BCUT2D eigenvalue weighted by Gasteiger charge is 2.77. The van der Waals surface area contributed by atoms with Gasteiger partial charge in [0, 0.05) is 51.1 Å². The smallest absolute Gasteiger partial charge is 0.311 e. The third-order valence-electron chi connectivity index (χ3n) is 9.48. The van der Waals surface area contributed by atoms with Gasteiger partial charge in [0.05, 0.1) is 11.5 Å². The van der Waals surface area contributed by atoms with Gasteiger partial charge in [-0.3, -0.25) is 14.6 Å². The van der Waals surface area contributed by atoms with Gasteiger partial charge in [-0.15, -0.1) is 0 Å². The second kappa shape index (κ2) is 8.21. The molecule has 5 aliphatic rings. The van der Waals surface area contributed by atoms with Crippen molar-refractivity contribution in [3.63, 3.8) is 0 Å². The molecule has 3 aliphatic heterocycles. The number of hydrogen-bond donors (Lipinski definition) is 0. The first kappa shape index (κ1) is 21.8. The number of nitrogens with zero attached hydrogens (tertiary/aromatic N) is 2. The van der Waals surface area contributed by atoms with E-state index in [9.17, 15) is 4.79 Å². The molecule has 7 atom stereocenters. The van der Waals surface area contributed by atoms with E-state index in [-0.39, 0.29) is 29.2 Å². The molecule has 5 fully saturated rings. The number of carbonyl (C=O) groups excluding carboxylic acids is 1. The standard InChI is InChI=1S/C28H38N2O3/c1-20-10-11-24-22(25(31)32-28(24)23(20)12-13-27(2)26(28)33-27)19-30-17-15-29(16-18-30)14-6-9-21-7-4-3-5-8-21/h3-9,20,22-24,26H,10-19H2,1-2H3/t20-,22+,23-,24+,26+,27-,28-/m0/s1. The minimum absolute atomic E-state index is 0.0103. The lowest BCUT2D eigenvalue weighted by Crippen LogP contribution is -2.58. The summed E-state index contributed by atoms with van der Waals surface area (Å²) in [5.74, 6) is 1.47. The van der Waals surface area contributed by atoms with Crippen molar-refractivity contribution >= 4 is 12.0 Å². The van der Waals surface area contributed by atoms with Gasteiger partial charge in [0.25, 0.3) is 0 Å². The Bertz CT molecular complexity index is 911. The maximum absolute atomic E-state index is 13.3. The highest BCUT2D eigenvalue weighted by atomic mass is 16.7. The molecule has 5 heteroatoms. The molecule has 0 amide bonds. The number of hydrogen-bond acceptors (Lipinski definition) is 5. The molecule has 0 N–H and O–H groups in total. The highest BCUT2D eigenvalue weighted by Crippen LogP contribution is 2.66. The van der Waals surface area contributed by atoms with E-state index < -0.39 is 0 Å². The molecule has 178 valence electrons. The van der Waals surface area contributed by atoms with Crippen molar-refractivity contribution in [1.82, 2.24) is 9.80 Å². The summed E-state index contributed by atoms with van der Waals surface area (Å²) in [6.45, 7) is 10.6. The number of carbonyl (C=O) groups is 1. The number of benzene rings is 1. The van der Waals surface area contributed by atoms with Gasteiger partial charge in [-0.1, -0.05) is 49.4 Å². The lowest BCUT2D eigenvalue weighted by Gasteiger charge is -2.50. The summed E-state index contributed by atoms with van der Waals surface area (Å²) in [6, 6.07) is 10.5. The predicted molar refractivity (Wildman–Crippen MR) is 129 cm³/mol. The molecule has 1 spiro atoms. The van der Waals surface area contributed by atoms with Crippen LogP contribution in [0.25, 0.3) is 6.08 Å². The molecular formula is C28H38N2O3. The summed E-state index contributed by atoms with van der Waals surface area (Å²) >= 11 is 0. The van der Waals surface area contributed by atoms with Gasteiger partial charge >= 0.3 is 5.97 Å². The van der Waals surface area contributed by atoms with Crippen LogP contribution in [0.5, 0.6) is 0 Å². The van der Waals surface area contributed by atoms with Crippen LogP contribution in [0.15, 0.2) is 36.4 Å². The Morgan fingerprint density at radius 1 is 1.03 bits per heavy atom. The first-order valence-electron chi connectivity index (χ1n) is 13.1. The van der Waals surface area contributed by atoms with E-state index in [1.807, 2.05) is 0 Å². The third kappa shape index (κ3) is 3.67. The minimum atomic E-state index is -0.351. The Labute approximate surface area is 198 Å². The average Bonchev–Trinajstić information content (AvgIpc) is 3.45. The van der Waals surface area contributed by atoms with Crippen LogP contribution >= 0.6 is 0 Å². The van der Waals surface area contributed by atoms with Crippen molar-refractivity contribution in [3.8, 4) is 0 Å². The number of piperazine rings is 1. The molecule has 33 heavy (non-hydrogen) atoms. The van der Waals surface area contributed by atoms with Crippen LogP contribution in [-0.2, 0) is 14.3 Å². The van der Waals surface area contributed by atoms with E-state index in [4.69, 9.17) is 9.47 Å². The van der Waals surface area contributed by atoms with Crippen LogP contribution in [0.2, 0.25) is 0 Å². The Balaban J connectivity index is 1.08. The highest BCUT2D eigenvalue weighted by molar-refractivity contribution is 5.77. The van der Waals surface area contributed by atoms with E-state index in [0.29, 0.717) is 17.8 Å². The molecule has 3 saturated heterocycles. The fourth-order valence-electron chi connectivity index (χ4n) is 7.60. The summed E-state index contributed by atoms with van der Waals surface area (Å²) in [7, 11) is 0. The molecule has 2 saturated carbocycles. The van der Waals surface area contributed by atoms with Crippen molar-refractivity contribution in [3.05, 3.63) is 42.0 Å². The van der Waals surface area contributed by atoms with Gasteiger partial charge in [0.15, 0.2) is 0 Å². The molecule has 6 rings (SSSR count). The van der Waals surface area contributed by atoms with Crippen molar-refractivity contribution in [2.45, 2.75) is 56.8 Å². The van der Waals surface area contributed by atoms with Crippen molar-refractivity contribution in [2.75, 3.05) is 39.3 Å². The number of epoxide rings is 1. The van der Waals surface area contributed by atoms with E-state index in [2.05, 4.69) is 66.1 Å². The summed E-state index contributed by atoms with van der Waals surface area (Å²) in [6.07, 6.45) is 9.17. The lowest BCUT2D eigenvalue weighted by atomic mass is 9.55.